The topological polar surface area (TPSA) is 30.5 Å². The normalized spacial score (nSPS) is 31.1. The van der Waals surface area contributed by atoms with Crippen LogP contribution in [0.5, 0.6) is 0 Å². The molecule has 2 fully saturated rings. The van der Waals surface area contributed by atoms with Crippen molar-refractivity contribution in [3.63, 3.8) is 0 Å². The van der Waals surface area contributed by atoms with Gasteiger partial charge in [-0.1, -0.05) is 0 Å². The van der Waals surface area contributed by atoms with E-state index in [1.807, 2.05) is 0 Å². The first kappa shape index (κ1) is 10.4. The zero-order valence-electron chi connectivity index (χ0n) is 9.05. The van der Waals surface area contributed by atoms with Gasteiger partial charge in [-0.25, -0.2) is 0 Å². The van der Waals surface area contributed by atoms with Gasteiger partial charge >= 0.3 is 0 Å². The summed E-state index contributed by atoms with van der Waals surface area (Å²) in [5, 5.41) is 3.51. The lowest BCUT2D eigenvalue weighted by Gasteiger charge is -2.37. The Balaban J connectivity index is 1.93. The van der Waals surface area contributed by atoms with Crippen LogP contribution in [-0.2, 0) is 9.47 Å². The van der Waals surface area contributed by atoms with Crippen LogP contribution >= 0.6 is 0 Å². The van der Waals surface area contributed by atoms with Gasteiger partial charge in [0.2, 0.25) is 0 Å². The minimum Gasteiger partial charge on any atom is -0.381 e. The average Bonchev–Trinajstić information content (AvgIpc) is 2.59. The third-order valence-electron chi connectivity index (χ3n) is 3.75. The Morgan fingerprint density at radius 1 is 1.43 bits per heavy atom. The van der Waals surface area contributed by atoms with Gasteiger partial charge in [0.1, 0.15) is 0 Å². The summed E-state index contributed by atoms with van der Waals surface area (Å²) < 4.78 is 11.0. The summed E-state index contributed by atoms with van der Waals surface area (Å²) in [5.74, 6) is 0.700. The molecule has 2 rings (SSSR count). The molecule has 0 amide bonds. The lowest BCUT2D eigenvalue weighted by molar-refractivity contribution is -0.0207. The quantitative estimate of drug-likeness (QED) is 0.736. The number of rotatable bonds is 3. The van der Waals surface area contributed by atoms with Gasteiger partial charge < -0.3 is 14.8 Å². The second-order valence-corrected chi connectivity index (χ2v) is 4.46. The summed E-state index contributed by atoms with van der Waals surface area (Å²) in [7, 11) is 0. The molecule has 0 aromatic rings. The molecule has 0 radical (unpaired) electrons. The predicted molar refractivity (Wildman–Crippen MR) is 55.3 cm³/mol. The Hall–Kier alpha value is -0.120. The van der Waals surface area contributed by atoms with Crippen molar-refractivity contribution in [3.05, 3.63) is 0 Å². The number of hydrogen-bond acceptors (Lipinski definition) is 3. The van der Waals surface area contributed by atoms with Crippen LogP contribution < -0.4 is 5.32 Å². The van der Waals surface area contributed by atoms with Crippen molar-refractivity contribution in [3.8, 4) is 0 Å². The zero-order chi connectivity index (χ0) is 9.86. The van der Waals surface area contributed by atoms with Crippen LogP contribution in [0.2, 0.25) is 0 Å². The Morgan fingerprint density at radius 2 is 2.21 bits per heavy atom. The van der Waals surface area contributed by atoms with E-state index in [1.165, 1.54) is 12.8 Å². The standard InChI is InChI=1S/C11H21NO2/c1-2-13-8-10-7-12-9-11(10)3-5-14-6-4-11/h10,12H,2-9H2,1H3/t10-/m1/s1. The Labute approximate surface area is 86.2 Å². The molecule has 0 unspecified atom stereocenters. The van der Waals surface area contributed by atoms with Crippen LogP contribution in [0.4, 0.5) is 0 Å². The summed E-state index contributed by atoms with van der Waals surface area (Å²) in [6, 6.07) is 0. The van der Waals surface area contributed by atoms with Crippen LogP contribution in [0.1, 0.15) is 19.8 Å². The van der Waals surface area contributed by atoms with Crippen LogP contribution in [0.15, 0.2) is 0 Å². The second-order valence-electron chi connectivity index (χ2n) is 4.46. The van der Waals surface area contributed by atoms with Crippen LogP contribution in [0.3, 0.4) is 0 Å². The van der Waals surface area contributed by atoms with E-state index < -0.39 is 0 Å². The molecule has 0 aromatic heterocycles. The van der Waals surface area contributed by atoms with E-state index in [-0.39, 0.29) is 0 Å². The van der Waals surface area contributed by atoms with Gasteiger partial charge in [-0.05, 0) is 25.2 Å². The molecule has 3 heteroatoms. The third kappa shape index (κ3) is 1.95. The van der Waals surface area contributed by atoms with E-state index in [9.17, 15) is 0 Å². The Bertz CT molecular complexity index is 178. The fourth-order valence-corrected chi connectivity index (χ4v) is 2.71. The third-order valence-corrected chi connectivity index (χ3v) is 3.75. The van der Waals surface area contributed by atoms with Crippen molar-refractivity contribution in [1.82, 2.24) is 5.32 Å². The molecule has 2 heterocycles. The maximum absolute atomic E-state index is 5.56. The highest BCUT2D eigenvalue weighted by atomic mass is 16.5. The van der Waals surface area contributed by atoms with Crippen molar-refractivity contribution in [2.75, 3.05) is 39.5 Å². The maximum Gasteiger partial charge on any atom is 0.0512 e. The predicted octanol–water partition coefficient (Wildman–Crippen LogP) is 1.04. The molecule has 1 spiro atoms. The van der Waals surface area contributed by atoms with Crippen molar-refractivity contribution in [2.45, 2.75) is 19.8 Å². The smallest absolute Gasteiger partial charge is 0.0512 e. The first-order valence-electron chi connectivity index (χ1n) is 5.73. The molecular weight excluding hydrogens is 178 g/mol. The summed E-state index contributed by atoms with van der Waals surface area (Å²) in [5.41, 5.74) is 0.480. The molecule has 14 heavy (non-hydrogen) atoms. The first-order valence-corrected chi connectivity index (χ1v) is 5.73. The van der Waals surface area contributed by atoms with Gasteiger partial charge in [-0.3, -0.25) is 0 Å². The van der Waals surface area contributed by atoms with E-state index in [4.69, 9.17) is 9.47 Å². The molecular formula is C11H21NO2. The van der Waals surface area contributed by atoms with Crippen molar-refractivity contribution in [1.29, 1.82) is 0 Å². The Kier molecular flexibility index (Phi) is 3.42. The highest BCUT2D eigenvalue weighted by Crippen LogP contribution is 2.40. The van der Waals surface area contributed by atoms with Crippen LogP contribution in [0, 0.1) is 11.3 Å². The molecule has 1 atom stereocenters. The van der Waals surface area contributed by atoms with Crippen LogP contribution in [0.25, 0.3) is 0 Å². The average molecular weight is 199 g/mol. The lowest BCUT2D eigenvalue weighted by atomic mass is 9.72. The SMILES string of the molecule is CCOC[C@H]1CNCC12CCOCC2. The summed E-state index contributed by atoms with van der Waals surface area (Å²) >= 11 is 0. The van der Waals surface area contributed by atoms with Gasteiger partial charge in [-0.15, -0.1) is 0 Å². The minimum atomic E-state index is 0.480. The van der Waals surface area contributed by atoms with Crippen LogP contribution in [-0.4, -0.2) is 39.5 Å². The highest BCUT2D eigenvalue weighted by molar-refractivity contribution is 4.96. The van der Waals surface area contributed by atoms with Crippen molar-refractivity contribution < 1.29 is 9.47 Å². The van der Waals surface area contributed by atoms with Gasteiger partial charge in [0.05, 0.1) is 6.61 Å². The fraction of sp³-hybridized carbons (Fsp3) is 1.00. The molecule has 0 saturated carbocycles. The number of nitrogens with one attached hydrogen (secondary N) is 1. The van der Waals surface area contributed by atoms with Gasteiger partial charge in [0.15, 0.2) is 0 Å². The number of hydrogen-bond donors (Lipinski definition) is 1. The molecule has 82 valence electrons. The molecule has 2 saturated heterocycles. The van der Waals surface area contributed by atoms with E-state index in [1.54, 1.807) is 0 Å². The highest BCUT2D eigenvalue weighted by Gasteiger charge is 2.43. The maximum atomic E-state index is 5.56. The van der Waals surface area contributed by atoms with E-state index in [0.717, 1.165) is 39.5 Å². The molecule has 2 aliphatic rings. The Morgan fingerprint density at radius 3 is 2.93 bits per heavy atom. The summed E-state index contributed by atoms with van der Waals surface area (Å²) in [4.78, 5) is 0. The van der Waals surface area contributed by atoms with E-state index >= 15 is 0 Å². The van der Waals surface area contributed by atoms with Crippen molar-refractivity contribution >= 4 is 0 Å². The van der Waals surface area contributed by atoms with Gasteiger partial charge in [0.25, 0.3) is 0 Å². The van der Waals surface area contributed by atoms with E-state index in [0.29, 0.717) is 11.3 Å². The molecule has 0 aromatic carbocycles. The summed E-state index contributed by atoms with van der Waals surface area (Å²) in [6.07, 6.45) is 2.41. The van der Waals surface area contributed by atoms with E-state index in [2.05, 4.69) is 12.2 Å². The molecule has 0 aliphatic carbocycles. The van der Waals surface area contributed by atoms with Gasteiger partial charge in [-0.2, -0.15) is 0 Å². The first-order chi connectivity index (χ1) is 6.87. The molecule has 0 bridgehead atoms. The largest absolute Gasteiger partial charge is 0.381 e. The molecule has 2 aliphatic heterocycles. The summed E-state index contributed by atoms with van der Waals surface area (Å²) in [6.45, 7) is 7.98. The number of ether oxygens (including phenoxy) is 2. The molecule has 3 nitrogen and oxygen atoms in total. The zero-order valence-corrected chi connectivity index (χ0v) is 9.05. The van der Waals surface area contributed by atoms with Gasteiger partial charge in [0, 0.05) is 38.8 Å². The van der Waals surface area contributed by atoms with Crippen molar-refractivity contribution in [2.24, 2.45) is 11.3 Å². The lowest BCUT2D eigenvalue weighted by Crippen LogP contribution is -2.38. The fourth-order valence-electron chi connectivity index (χ4n) is 2.71. The molecule has 1 N–H and O–H groups in total. The monoisotopic (exact) mass is 199 g/mol. The minimum absolute atomic E-state index is 0.480. The second kappa shape index (κ2) is 4.60.